The lowest BCUT2D eigenvalue weighted by atomic mass is 10.2. The summed E-state index contributed by atoms with van der Waals surface area (Å²) in [6.45, 7) is 1.65. The predicted molar refractivity (Wildman–Crippen MR) is 71.1 cm³/mol. The van der Waals surface area contributed by atoms with Crippen LogP contribution in [-0.4, -0.2) is 10.9 Å². The Bertz CT molecular complexity index is 615. The van der Waals surface area contributed by atoms with Crippen LogP contribution in [-0.2, 0) is 0 Å². The molecule has 2 aromatic rings. The fourth-order valence-electron chi connectivity index (χ4n) is 1.51. The molecule has 0 radical (unpaired) electrons. The van der Waals surface area contributed by atoms with Gasteiger partial charge < -0.3 is 10.7 Å². The quantitative estimate of drug-likeness (QED) is 0.583. The molecule has 1 aromatic carbocycles. The minimum atomic E-state index is -0.430. The Morgan fingerprint density at radius 2 is 2.11 bits per heavy atom. The number of carbonyl (C=O) groups is 1. The van der Waals surface area contributed by atoms with Gasteiger partial charge in [-0.2, -0.15) is 0 Å². The molecule has 0 aliphatic carbocycles. The van der Waals surface area contributed by atoms with Gasteiger partial charge in [-0.15, -0.1) is 0 Å². The first kappa shape index (κ1) is 13.0. The van der Waals surface area contributed by atoms with E-state index in [1.54, 1.807) is 37.3 Å². The van der Waals surface area contributed by atoms with Gasteiger partial charge in [-0.3, -0.25) is 4.79 Å². The van der Waals surface area contributed by atoms with Crippen LogP contribution in [0.3, 0.4) is 0 Å². The van der Waals surface area contributed by atoms with E-state index in [1.807, 2.05) is 0 Å². The van der Waals surface area contributed by atoms with Gasteiger partial charge in [-0.1, -0.05) is 12.1 Å². The second-order valence-electron chi connectivity index (χ2n) is 3.97. The van der Waals surface area contributed by atoms with Crippen molar-refractivity contribution in [2.45, 2.75) is 6.92 Å². The zero-order chi connectivity index (χ0) is 13.8. The van der Waals surface area contributed by atoms with Crippen molar-refractivity contribution >= 4 is 17.4 Å². The van der Waals surface area contributed by atoms with Gasteiger partial charge in [0.1, 0.15) is 17.3 Å². The van der Waals surface area contributed by atoms with Gasteiger partial charge in [0, 0.05) is 5.69 Å². The number of benzene rings is 1. The minimum absolute atomic E-state index is 0.191. The molecule has 1 heterocycles. The first-order valence-electron chi connectivity index (χ1n) is 5.61. The molecule has 0 fully saturated rings. The Morgan fingerprint density at radius 3 is 2.79 bits per heavy atom. The largest absolute Gasteiger partial charge is 0.321 e. The Morgan fingerprint density at radius 1 is 1.32 bits per heavy atom. The smallest absolute Gasteiger partial charge is 0.274 e. The summed E-state index contributed by atoms with van der Waals surface area (Å²) in [5.41, 5.74) is 3.44. The number of nitrogens with one attached hydrogen (secondary N) is 2. The highest BCUT2D eigenvalue weighted by Gasteiger charge is 2.09. The zero-order valence-electron chi connectivity index (χ0n) is 10.3. The molecule has 1 amide bonds. The third kappa shape index (κ3) is 3.05. The number of nitrogens with zero attached hydrogens (tertiary/aromatic N) is 1. The number of halogens is 1. The van der Waals surface area contributed by atoms with E-state index < -0.39 is 5.91 Å². The fraction of sp³-hybridized carbons (Fsp3) is 0.0769. The zero-order valence-corrected chi connectivity index (χ0v) is 10.3. The van der Waals surface area contributed by atoms with Crippen molar-refractivity contribution in [3.63, 3.8) is 0 Å². The van der Waals surface area contributed by atoms with Gasteiger partial charge in [-0.05, 0) is 36.8 Å². The number of hydrazine groups is 1. The SMILES string of the molecule is Cc1ccc(NC(=O)c2cccc(NN)n2)cc1F. The molecule has 6 heteroatoms. The molecule has 4 N–H and O–H groups in total. The first-order chi connectivity index (χ1) is 9.10. The maximum atomic E-state index is 13.4. The molecule has 0 saturated carbocycles. The molecular formula is C13H13FN4O. The number of nitrogen functional groups attached to an aromatic ring is 1. The van der Waals surface area contributed by atoms with Crippen LogP contribution in [0.1, 0.15) is 16.1 Å². The van der Waals surface area contributed by atoms with E-state index in [4.69, 9.17) is 5.84 Å². The van der Waals surface area contributed by atoms with Gasteiger partial charge in [0.05, 0.1) is 0 Å². The average molecular weight is 260 g/mol. The van der Waals surface area contributed by atoms with Crippen LogP contribution in [0.15, 0.2) is 36.4 Å². The number of pyridine rings is 1. The third-order valence-electron chi connectivity index (χ3n) is 2.56. The van der Waals surface area contributed by atoms with E-state index in [1.165, 1.54) is 6.07 Å². The molecular weight excluding hydrogens is 247 g/mol. The van der Waals surface area contributed by atoms with Crippen molar-refractivity contribution < 1.29 is 9.18 Å². The predicted octanol–water partition coefficient (Wildman–Crippen LogP) is 2.07. The summed E-state index contributed by atoms with van der Waals surface area (Å²) in [5, 5.41) is 2.57. The van der Waals surface area contributed by atoms with Gasteiger partial charge in [-0.25, -0.2) is 15.2 Å². The number of carbonyl (C=O) groups excluding carboxylic acids is 1. The molecule has 0 spiro atoms. The summed E-state index contributed by atoms with van der Waals surface area (Å²) in [7, 11) is 0. The molecule has 0 bridgehead atoms. The number of hydrogen-bond donors (Lipinski definition) is 3. The van der Waals surface area contributed by atoms with Crippen LogP contribution in [0.2, 0.25) is 0 Å². The fourth-order valence-corrected chi connectivity index (χ4v) is 1.51. The summed E-state index contributed by atoms with van der Waals surface area (Å²) < 4.78 is 13.4. The van der Waals surface area contributed by atoms with E-state index in [0.717, 1.165) is 0 Å². The Hall–Kier alpha value is -2.47. The third-order valence-corrected chi connectivity index (χ3v) is 2.56. The lowest BCUT2D eigenvalue weighted by Crippen LogP contribution is -2.16. The van der Waals surface area contributed by atoms with Crippen LogP contribution < -0.4 is 16.6 Å². The average Bonchev–Trinajstić information content (AvgIpc) is 2.43. The maximum absolute atomic E-state index is 13.4. The normalized spacial score (nSPS) is 10.1. The number of aromatic nitrogens is 1. The monoisotopic (exact) mass is 260 g/mol. The number of hydrogen-bond acceptors (Lipinski definition) is 4. The number of aryl methyl sites for hydroxylation is 1. The molecule has 0 aliphatic heterocycles. The highest BCUT2D eigenvalue weighted by Crippen LogP contribution is 2.14. The molecule has 98 valence electrons. The number of amides is 1. The molecule has 2 rings (SSSR count). The summed E-state index contributed by atoms with van der Waals surface area (Å²) in [4.78, 5) is 15.9. The van der Waals surface area contributed by atoms with E-state index in [2.05, 4.69) is 15.7 Å². The summed E-state index contributed by atoms with van der Waals surface area (Å²) in [6.07, 6.45) is 0. The molecule has 0 saturated heterocycles. The second kappa shape index (κ2) is 5.45. The van der Waals surface area contributed by atoms with Crippen LogP contribution in [0.5, 0.6) is 0 Å². The van der Waals surface area contributed by atoms with E-state index in [0.29, 0.717) is 17.1 Å². The molecule has 0 aliphatic rings. The lowest BCUT2D eigenvalue weighted by Gasteiger charge is -2.07. The van der Waals surface area contributed by atoms with Crippen molar-refractivity contribution in [3.8, 4) is 0 Å². The van der Waals surface area contributed by atoms with E-state index in [9.17, 15) is 9.18 Å². The van der Waals surface area contributed by atoms with Gasteiger partial charge >= 0.3 is 0 Å². The van der Waals surface area contributed by atoms with E-state index in [-0.39, 0.29) is 11.5 Å². The van der Waals surface area contributed by atoms with E-state index >= 15 is 0 Å². The van der Waals surface area contributed by atoms with Gasteiger partial charge in [0.2, 0.25) is 0 Å². The Kier molecular flexibility index (Phi) is 3.72. The maximum Gasteiger partial charge on any atom is 0.274 e. The van der Waals surface area contributed by atoms with Gasteiger partial charge in [0.25, 0.3) is 5.91 Å². The number of nitrogens with two attached hydrogens (primary N) is 1. The van der Waals surface area contributed by atoms with Crippen LogP contribution in [0.25, 0.3) is 0 Å². The van der Waals surface area contributed by atoms with Gasteiger partial charge in [0.15, 0.2) is 0 Å². The lowest BCUT2D eigenvalue weighted by molar-refractivity contribution is 0.102. The molecule has 19 heavy (non-hydrogen) atoms. The standard InChI is InChI=1S/C13H13FN4O/c1-8-5-6-9(7-10(8)14)16-13(19)11-3-2-4-12(17-11)18-15/h2-7H,15H2,1H3,(H,16,19)(H,17,18). The van der Waals surface area contributed by atoms with Crippen molar-refractivity contribution in [1.82, 2.24) is 4.98 Å². The van der Waals surface area contributed by atoms with Crippen LogP contribution in [0.4, 0.5) is 15.9 Å². The Balaban J connectivity index is 2.18. The number of anilines is 2. The van der Waals surface area contributed by atoms with Crippen LogP contribution in [0, 0.1) is 12.7 Å². The summed E-state index contributed by atoms with van der Waals surface area (Å²) >= 11 is 0. The minimum Gasteiger partial charge on any atom is -0.321 e. The molecule has 1 aromatic heterocycles. The van der Waals surface area contributed by atoms with Crippen molar-refractivity contribution in [3.05, 3.63) is 53.5 Å². The topological polar surface area (TPSA) is 80.0 Å². The van der Waals surface area contributed by atoms with Crippen molar-refractivity contribution in [1.29, 1.82) is 0 Å². The summed E-state index contributed by atoms with van der Waals surface area (Å²) in [6, 6.07) is 9.30. The summed E-state index contributed by atoms with van der Waals surface area (Å²) in [5.74, 6) is 4.79. The number of rotatable bonds is 3. The first-order valence-corrected chi connectivity index (χ1v) is 5.61. The highest BCUT2D eigenvalue weighted by molar-refractivity contribution is 6.03. The molecule has 5 nitrogen and oxygen atoms in total. The second-order valence-corrected chi connectivity index (χ2v) is 3.97. The molecule has 0 unspecified atom stereocenters. The molecule has 0 atom stereocenters. The highest BCUT2D eigenvalue weighted by atomic mass is 19.1. The Labute approximate surface area is 109 Å². The van der Waals surface area contributed by atoms with Crippen LogP contribution >= 0.6 is 0 Å². The van der Waals surface area contributed by atoms with Crippen molar-refractivity contribution in [2.75, 3.05) is 10.7 Å². The van der Waals surface area contributed by atoms with Crippen molar-refractivity contribution in [2.24, 2.45) is 5.84 Å².